The van der Waals surface area contributed by atoms with Crippen LogP contribution in [0.5, 0.6) is 0 Å². The first-order valence-electron chi connectivity index (χ1n) is 15.1. The molecule has 0 aliphatic heterocycles. The van der Waals surface area contributed by atoms with E-state index in [-0.39, 0.29) is 10.8 Å². The molecule has 2 radical (unpaired) electrons. The molecule has 3 aromatic rings. The molecule has 0 N–H and O–H groups in total. The number of aryl methyl sites for hydroxylation is 2. The number of hydrogen-bond acceptors (Lipinski definition) is 1. The van der Waals surface area contributed by atoms with Gasteiger partial charge >= 0.3 is 0 Å². The Hall–Kier alpha value is -2.84. The van der Waals surface area contributed by atoms with Gasteiger partial charge in [0.2, 0.25) is 0 Å². The number of hydrogen-bond donors (Lipinski definition) is 0. The molecule has 0 spiro atoms. The van der Waals surface area contributed by atoms with Crippen LogP contribution >= 0.6 is 0 Å². The van der Waals surface area contributed by atoms with Gasteiger partial charge in [-0.1, -0.05) is 112 Å². The Morgan fingerprint density at radius 2 is 1.24 bits per heavy atom. The van der Waals surface area contributed by atoms with Crippen LogP contribution < -0.4 is 10.1 Å². The Kier molecular flexibility index (Phi) is 8.68. The summed E-state index contributed by atoms with van der Waals surface area (Å²) in [7, 11) is 4.96. The lowest BCUT2D eigenvalue weighted by Gasteiger charge is -2.32. The summed E-state index contributed by atoms with van der Waals surface area (Å²) in [4.78, 5) is 2.23. The first-order chi connectivity index (χ1) is 19.0. The zero-order valence-electron chi connectivity index (χ0n) is 27.9. The maximum absolute atomic E-state index is 2.50. The fraction of sp³-hybridized carbons (Fsp3) is 0.436. The summed E-state index contributed by atoms with van der Waals surface area (Å²) in [5, 5.41) is 1.45. The van der Waals surface area contributed by atoms with E-state index in [2.05, 4.69) is 156 Å². The van der Waals surface area contributed by atoms with Gasteiger partial charge in [0.1, 0.15) is 0 Å². The van der Waals surface area contributed by atoms with Crippen molar-refractivity contribution in [2.24, 2.45) is 5.92 Å². The van der Waals surface area contributed by atoms with E-state index in [1.54, 1.807) is 0 Å². The molecule has 1 aliphatic rings. The predicted molar refractivity (Wildman–Crippen MR) is 183 cm³/mol. The fourth-order valence-electron chi connectivity index (χ4n) is 6.24. The molecule has 216 valence electrons. The lowest BCUT2D eigenvalue weighted by molar-refractivity contribution is 0.568. The molecule has 4 rings (SSSR count). The average Bonchev–Trinajstić information content (AvgIpc) is 3.09. The van der Waals surface area contributed by atoms with Crippen LogP contribution in [0.1, 0.15) is 101 Å². The summed E-state index contributed by atoms with van der Waals surface area (Å²) in [5.41, 5.74) is 16.1. The Morgan fingerprint density at radius 1 is 0.683 bits per heavy atom. The molecule has 0 aromatic heterocycles. The SMILES string of the molecule is CC1=C(C)C(C([Si]c2cc(C)cc(C)c2)c2cccc(N(C)C)c2)C(c2cc(C(C)(C)C)cc(C(C)(C)C)c2)=C1C. The van der Waals surface area contributed by atoms with E-state index in [1.807, 2.05) is 0 Å². The molecular weight excluding hydrogens is 511 g/mol. The Morgan fingerprint density at radius 3 is 1.76 bits per heavy atom. The van der Waals surface area contributed by atoms with E-state index < -0.39 is 0 Å². The highest BCUT2D eigenvalue weighted by Gasteiger charge is 2.37. The maximum atomic E-state index is 2.50. The summed E-state index contributed by atoms with van der Waals surface area (Å²) in [6.45, 7) is 25.6. The van der Waals surface area contributed by atoms with Crippen molar-refractivity contribution >= 4 is 26.0 Å². The third-order valence-corrected chi connectivity index (χ3v) is 10.5. The van der Waals surface area contributed by atoms with Gasteiger partial charge in [0.15, 0.2) is 0 Å². The summed E-state index contributed by atoms with van der Waals surface area (Å²) in [5.74, 6) is 0.328. The minimum absolute atomic E-state index is 0.0797. The Labute approximate surface area is 253 Å². The largest absolute Gasteiger partial charge is 0.378 e. The van der Waals surface area contributed by atoms with Gasteiger partial charge in [-0.05, 0) is 102 Å². The molecule has 41 heavy (non-hydrogen) atoms. The third-order valence-electron chi connectivity index (χ3n) is 8.93. The molecule has 0 amide bonds. The number of benzene rings is 3. The van der Waals surface area contributed by atoms with Crippen molar-refractivity contribution in [1.29, 1.82) is 0 Å². The molecular formula is C39H51NSi. The highest BCUT2D eigenvalue weighted by atomic mass is 28.2. The Balaban J connectivity index is 1.98. The molecule has 2 atom stereocenters. The lowest BCUT2D eigenvalue weighted by Crippen LogP contribution is -2.29. The van der Waals surface area contributed by atoms with Crippen LogP contribution in [-0.4, -0.2) is 23.6 Å². The van der Waals surface area contributed by atoms with Crippen molar-refractivity contribution in [2.75, 3.05) is 19.0 Å². The van der Waals surface area contributed by atoms with Gasteiger partial charge in [-0.3, -0.25) is 0 Å². The highest BCUT2D eigenvalue weighted by Crippen LogP contribution is 2.50. The van der Waals surface area contributed by atoms with Crippen molar-refractivity contribution in [3.8, 4) is 0 Å². The van der Waals surface area contributed by atoms with E-state index in [4.69, 9.17) is 0 Å². The molecule has 2 unspecified atom stereocenters. The topological polar surface area (TPSA) is 3.24 Å². The average molecular weight is 562 g/mol. The number of nitrogens with zero attached hydrogens (tertiary/aromatic N) is 1. The van der Waals surface area contributed by atoms with E-state index in [0.717, 1.165) is 0 Å². The smallest absolute Gasteiger partial charge is 0.0901 e. The molecule has 0 bridgehead atoms. The molecule has 0 heterocycles. The molecule has 2 heteroatoms. The predicted octanol–water partition coefficient (Wildman–Crippen LogP) is 9.48. The fourth-order valence-corrected chi connectivity index (χ4v) is 8.15. The van der Waals surface area contributed by atoms with Crippen molar-refractivity contribution in [1.82, 2.24) is 0 Å². The van der Waals surface area contributed by atoms with Crippen LogP contribution in [0.2, 0.25) is 0 Å². The second-order valence-corrected chi connectivity index (χ2v) is 16.1. The first kappa shape index (κ1) is 31.1. The second kappa shape index (κ2) is 11.4. The van der Waals surface area contributed by atoms with Gasteiger partial charge < -0.3 is 4.90 Å². The van der Waals surface area contributed by atoms with Crippen LogP contribution in [0.4, 0.5) is 5.69 Å². The van der Waals surface area contributed by atoms with Gasteiger partial charge in [-0.2, -0.15) is 0 Å². The van der Waals surface area contributed by atoms with Crippen LogP contribution in [0.15, 0.2) is 77.4 Å². The molecule has 0 saturated heterocycles. The minimum atomic E-state index is 0.0797. The summed E-state index contributed by atoms with van der Waals surface area (Å²) in [6, 6.07) is 23.8. The second-order valence-electron chi connectivity index (χ2n) is 14.6. The molecule has 1 nitrogen and oxygen atoms in total. The van der Waals surface area contributed by atoms with Crippen molar-refractivity contribution in [3.63, 3.8) is 0 Å². The number of rotatable bonds is 6. The Bertz CT molecular complexity index is 1450. The van der Waals surface area contributed by atoms with E-state index in [1.165, 1.54) is 66.5 Å². The van der Waals surface area contributed by atoms with Crippen molar-refractivity contribution in [3.05, 3.63) is 111 Å². The summed E-state index contributed by atoms with van der Waals surface area (Å²) in [6.07, 6.45) is 0. The summed E-state index contributed by atoms with van der Waals surface area (Å²) < 4.78 is 0. The van der Waals surface area contributed by atoms with Gasteiger partial charge in [-0.15, -0.1) is 0 Å². The van der Waals surface area contributed by atoms with E-state index >= 15 is 0 Å². The maximum Gasteiger partial charge on any atom is 0.0901 e. The number of anilines is 1. The quantitative estimate of drug-likeness (QED) is 0.271. The highest BCUT2D eigenvalue weighted by molar-refractivity contribution is 6.55. The molecule has 1 aliphatic carbocycles. The van der Waals surface area contributed by atoms with Crippen molar-refractivity contribution in [2.45, 2.75) is 92.5 Å². The lowest BCUT2D eigenvalue weighted by atomic mass is 9.76. The van der Waals surface area contributed by atoms with Gasteiger partial charge in [0.05, 0.1) is 9.52 Å². The molecule has 0 fully saturated rings. The van der Waals surface area contributed by atoms with Gasteiger partial charge in [0, 0.05) is 25.7 Å². The van der Waals surface area contributed by atoms with Crippen molar-refractivity contribution < 1.29 is 0 Å². The van der Waals surface area contributed by atoms with Crippen LogP contribution in [0, 0.1) is 19.8 Å². The van der Waals surface area contributed by atoms with Gasteiger partial charge in [-0.25, -0.2) is 0 Å². The zero-order chi connectivity index (χ0) is 30.4. The minimum Gasteiger partial charge on any atom is -0.378 e. The van der Waals surface area contributed by atoms with Crippen LogP contribution in [-0.2, 0) is 10.8 Å². The third kappa shape index (κ3) is 6.64. The number of allylic oxidation sites excluding steroid dienone is 4. The molecule has 0 saturated carbocycles. The van der Waals surface area contributed by atoms with E-state index in [9.17, 15) is 0 Å². The monoisotopic (exact) mass is 561 g/mol. The zero-order valence-corrected chi connectivity index (χ0v) is 28.9. The standard InChI is InChI=1S/C39H51NSi/c1-24-17-25(2)19-34(18-24)41-37(29-15-14-16-33(22-29)40(12)13)36-28(5)26(3)27(4)35(36)30-20-31(38(6,7)8)23-32(21-30)39(9,10)11/h14-23,36-37H,1-13H3. The first-order valence-corrected chi connectivity index (χ1v) is 16.2. The van der Waals surface area contributed by atoms with Gasteiger partial charge in [0.25, 0.3) is 0 Å². The van der Waals surface area contributed by atoms with E-state index in [0.29, 0.717) is 21.0 Å². The molecule has 3 aromatic carbocycles. The van der Waals surface area contributed by atoms with Crippen LogP contribution in [0.25, 0.3) is 5.57 Å². The summed E-state index contributed by atoms with van der Waals surface area (Å²) >= 11 is 0. The normalized spacial score (nSPS) is 17.0. The van der Waals surface area contributed by atoms with Crippen LogP contribution in [0.3, 0.4) is 0 Å².